The van der Waals surface area contributed by atoms with Gasteiger partial charge in [-0.2, -0.15) is 0 Å². The van der Waals surface area contributed by atoms with E-state index in [1.807, 2.05) is 11.4 Å². The summed E-state index contributed by atoms with van der Waals surface area (Å²) in [5, 5.41) is 2.04. The standard InChI is InChI=1S/C12H12BrNO2S3/c13-11-4-5-12(18-11)19(15,16)14-9-2-1-3-10-8(9)6-7-17-10/h4-7,9,14H,1-3H2. The van der Waals surface area contributed by atoms with E-state index < -0.39 is 10.0 Å². The Bertz CT molecular complexity index is 689. The minimum Gasteiger partial charge on any atom is -0.206 e. The summed E-state index contributed by atoms with van der Waals surface area (Å²) in [5.74, 6) is 0. The van der Waals surface area contributed by atoms with Crippen LogP contribution in [0.1, 0.15) is 29.3 Å². The average Bonchev–Trinajstić information content (AvgIpc) is 2.97. The number of hydrogen-bond donors (Lipinski definition) is 1. The zero-order chi connectivity index (χ0) is 13.5. The molecule has 0 spiro atoms. The van der Waals surface area contributed by atoms with Gasteiger partial charge < -0.3 is 0 Å². The second-order valence-electron chi connectivity index (χ2n) is 4.42. The van der Waals surface area contributed by atoms with Crippen LogP contribution in [0.5, 0.6) is 0 Å². The molecule has 1 unspecified atom stereocenters. The maximum Gasteiger partial charge on any atom is 0.250 e. The number of nitrogens with one attached hydrogen (secondary N) is 1. The van der Waals surface area contributed by atoms with Gasteiger partial charge in [-0.05, 0) is 64.3 Å². The molecular weight excluding hydrogens is 366 g/mol. The summed E-state index contributed by atoms with van der Waals surface area (Å²) in [4.78, 5) is 1.31. The van der Waals surface area contributed by atoms with Crippen LogP contribution in [0, 0.1) is 0 Å². The lowest BCUT2D eigenvalue weighted by atomic mass is 9.95. The fourth-order valence-corrected chi connectivity index (χ4v) is 6.56. The smallest absolute Gasteiger partial charge is 0.206 e. The van der Waals surface area contributed by atoms with Gasteiger partial charge in [0.2, 0.25) is 0 Å². The monoisotopic (exact) mass is 377 g/mol. The summed E-state index contributed by atoms with van der Waals surface area (Å²) in [6.45, 7) is 0. The molecule has 3 nitrogen and oxygen atoms in total. The van der Waals surface area contributed by atoms with Gasteiger partial charge in [-0.15, -0.1) is 22.7 Å². The van der Waals surface area contributed by atoms with Gasteiger partial charge in [0, 0.05) is 10.9 Å². The van der Waals surface area contributed by atoms with Gasteiger partial charge in [0.1, 0.15) is 4.21 Å². The van der Waals surface area contributed by atoms with E-state index in [0.29, 0.717) is 4.21 Å². The van der Waals surface area contributed by atoms with Crippen molar-refractivity contribution in [3.8, 4) is 0 Å². The molecule has 0 saturated carbocycles. The maximum atomic E-state index is 12.3. The molecule has 0 fully saturated rings. The number of rotatable bonds is 3. The highest BCUT2D eigenvalue weighted by molar-refractivity contribution is 9.11. The van der Waals surface area contributed by atoms with Crippen molar-refractivity contribution in [2.75, 3.05) is 0 Å². The first-order chi connectivity index (χ1) is 9.06. The van der Waals surface area contributed by atoms with E-state index in [4.69, 9.17) is 0 Å². The molecule has 2 aromatic heterocycles. The number of sulfonamides is 1. The van der Waals surface area contributed by atoms with Crippen LogP contribution in [-0.4, -0.2) is 8.42 Å². The van der Waals surface area contributed by atoms with Crippen molar-refractivity contribution in [3.05, 3.63) is 37.8 Å². The molecule has 0 saturated heterocycles. The zero-order valence-electron chi connectivity index (χ0n) is 9.93. The average molecular weight is 378 g/mol. The first kappa shape index (κ1) is 13.8. The Balaban J connectivity index is 1.87. The molecule has 0 amide bonds. The molecule has 0 bridgehead atoms. The van der Waals surface area contributed by atoms with Crippen LogP contribution in [0.15, 0.2) is 31.6 Å². The Morgan fingerprint density at radius 3 is 2.89 bits per heavy atom. The topological polar surface area (TPSA) is 46.2 Å². The first-order valence-corrected chi connectivity index (χ1v) is 9.87. The molecule has 102 valence electrons. The summed E-state index contributed by atoms with van der Waals surface area (Å²) in [6, 6.07) is 5.35. The molecule has 0 aromatic carbocycles. The van der Waals surface area contributed by atoms with Crippen molar-refractivity contribution in [2.24, 2.45) is 0 Å². The zero-order valence-corrected chi connectivity index (χ0v) is 14.0. The molecule has 1 aliphatic carbocycles. The molecule has 0 radical (unpaired) electrons. The van der Waals surface area contributed by atoms with Crippen LogP contribution in [0.3, 0.4) is 0 Å². The van der Waals surface area contributed by atoms with Crippen molar-refractivity contribution >= 4 is 48.6 Å². The highest BCUT2D eigenvalue weighted by Gasteiger charge is 2.27. The predicted molar refractivity (Wildman–Crippen MR) is 82.3 cm³/mol. The lowest BCUT2D eigenvalue weighted by molar-refractivity contribution is 0.512. The lowest BCUT2D eigenvalue weighted by Gasteiger charge is -2.23. The molecule has 0 aliphatic heterocycles. The van der Waals surface area contributed by atoms with Gasteiger partial charge in [0.05, 0.1) is 3.79 Å². The highest BCUT2D eigenvalue weighted by Crippen LogP contribution is 2.35. The van der Waals surface area contributed by atoms with Crippen molar-refractivity contribution < 1.29 is 8.42 Å². The molecule has 3 rings (SSSR count). The van der Waals surface area contributed by atoms with Gasteiger partial charge in [-0.3, -0.25) is 0 Å². The predicted octanol–water partition coefficient (Wildman–Crippen LogP) is 3.93. The van der Waals surface area contributed by atoms with Gasteiger partial charge in [0.15, 0.2) is 0 Å². The van der Waals surface area contributed by atoms with Crippen LogP contribution >= 0.6 is 38.6 Å². The summed E-state index contributed by atoms with van der Waals surface area (Å²) in [7, 11) is -3.42. The van der Waals surface area contributed by atoms with Crippen molar-refractivity contribution in [3.63, 3.8) is 0 Å². The summed E-state index contributed by atoms with van der Waals surface area (Å²) < 4.78 is 28.7. The highest BCUT2D eigenvalue weighted by atomic mass is 79.9. The molecule has 2 aromatic rings. The largest absolute Gasteiger partial charge is 0.250 e. The van der Waals surface area contributed by atoms with Crippen molar-refractivity contribution in [1.82, 2.24) is 4.72 Å². The van der Waals surface area contributed by atoms with Crippen LogP contribution in [0.2, 0.25) is 0 Å². The van der Waals surface area contributed by atoms with E-state index in [2.05, 4.69) is 20.7 Å². The molecule has 19 heavy (non-hydrogen) atoms. The van der Waals surface area contributed by atoms with E-state index in [9.17, 15) is 8.42 Å². The van der Waals surface area contributed by atoms with Crippen LogP contribution < -0.4 is 4.72 Å². The van der Waals surface area contributed by atoms with Crippen molar-refractivity contribution in [1.29, 1.82) is 0 Å². The van der Waals surface area contributed by atoms with Crippen LogP contribution in [0.25, 0.3) is 0 Å². The SMILES string of the molecule is O=S(=O)(NC1CCCc2sccc21)c1ccc(Br)s1. The fourth-order valence-electron chi connectivity index (χ4n) is 2.30. The third kappa shape index (κ3) is 2.80. The van der Waals surface area contributed by atoms with E-state index in [-0.39, 0.29) is 6.04 Å². The third-order valence-corrected chi connectivity index (χ3v) is 7.75. The van der Waals surface area contributed by atoms with E-state index in [0.717, 1.165) is 28.6 Å². The quantitative estimate of drug-likeness (QED) is 0.880. The molecule has 7 heteroatoms. The van der Waals surface area contributed by atoms with Gasteiger partial charge in [-0.1, -0.05) is 0 Å². The number of fused-ring (bicyclic) bond motifs is 1. The fraction of sp³-hybridized carbons (Fsp3) is 0.333. The molecule has 1 N–H and O–H groups in total. The Morgan fingerprint density at radius 2 is 2.16 bits per heavy atom. The lowest BCUT2D eigenvalue weighted by Crippen LogP contribution is -2.30. The second-order valence-corrected chi connectivity index (χ2v) is 9.83. The van der Waals surface area contributed by atoms with Gasteiger partial charge in [0.25, 0.3) is 10.0 Å². The van der Waals surface area contributed by atoms with E-state index in [1.54, 1.807) is 23.5 Å². The Morgan fingerprint density at radius 1 is 1.32 bits per heavy atom. The molecular formula is C12H12BrNO2S3. The second kappa shape index (κ2) is 5.29. The number of hydrogen-bond acceptors (Lipinski definition) is 4. The van der Waals surface area contributed by atoms with Gasteiger partial charge in [-0.25, -0.2) is 13.1 Å². The first-order valence-electron chi connectivity index (χ1n) is 5.90. The Hall–Kier alpha value is -0.210. The summed E-state index contributed by atoms with van der Waals surface area (Å²) >= 11 is 6.25. The minimum atomic E-state index is -3.42. The summed E-state index contributed by atoms with van der Waals surface area (Å²) in [6.07, 6.45) is 2.97. The Kier molecular flexibility index (Phi) is 3.83. The Labute approximate surface area is 128 Å². The van der Waals surface area contributed by atoms with Crippen LogP contribution in [-0.2, 0) is 16.4 Å². The van der Waals surface area contributed by atoms with E-state index in [1.165, 1.54) is 16.2 Å². The minimum absolute atomic E-state index is 0.0825. The summed E-state index contributed by atoms with van der Waals surface area (Å²) in [5.41, 5.74) is 1.15. The number of halogens is 1. The number of aryl methyl sites for hydroxylation is 1. The van der Waals surface area contributed by atoms with Gasteiger partial charge >= 0.3 is 0 Å². The van der Waals surface area contributed by atoms with E-state index >= 15 is 0 Å². The number of thiophene rings is 2. The molecule has 1 atom stereocenters. The van der Waals surface area contributed by atoms with Crippen molar-refractivity contribution in [2.45, 2.75) is 29.5 Å². The molecule has 1 aliphatic rings. The maximum absolute atomic E-state index is 12.3. The molecule has 2 heterocycles. The third-order valence-electron chi connectivity index (χ3n) is 3.16. The van der Waals surface area contributed by atoms with Crippen LogP contribution in [0.4, 0.5) is 0 Å². The normalized spacial score (nSPS) is 19.3.